The number of hydrogen-bond donors (Lipinski definition) is 0. The van der Waals surface area contributed by atoms with Gasteiger partial charge in [-0.15, -0.1) is 29.7 Å². The maximum Gasteiger partial charge on any atom is 0.242 e. The molecule has 614 valence electrons. The minimum atomic E-state index is -0.147. The van der Waals surface area contributed by atoms with Gasteiger partial charge in [-0.25, -0.2) is 4.98 Å². The molecule has 0 N–H and O–H groups in total. The van der Waals surface area contributed by atoms with E-state index in [1.54, 1.807) is 6.07 Å². The van der Waals surface area contributed by atoms with Gasteiger partial charge in [0.05, 0.1) is 29.8 Å². The van der Waals surface area contributed by atoms with Crippen LogP contribution < -0.4 is 9.30 Å². The molecule has 0 bridgehead atoms. The monoisotopic (exact) mass is 1780 g/mol. The van der Waals surface area contributed by atoms with Crippen molar-refractivity contribution in [3.8, 4) is 123 Å². The largest absolute Gasteiger partial charge is 0.511 e. The Labute approximate surface area is 742 Å². The van der Waals surface area contributed by atoms with Crippen LogP contribution in [0.2, 0.25) is 0 Å². The van der Waals surface area contributed by atoms with Crippen molar-refractivity contribution in [2.24, 2.45) is 0 Å². The Morgan fingerprint density at radius 3 is 1.26 bits per heavy atom. The molecular formula is C116H107N5OPt-2. The standard InChI is InChI=1S/C116H107N5O.Pt/c1-112(2,3)93-52-53-118-111(71-93)121-107-51-48-81(86-57-87(89-64-94(113(4,5)6)69-95(65-89)114(7,8)9)59-88(58-86)90-66-96(115(10,11)12)70-97(67-90)116(13,14)15)68-106(107)105-50-49-100(75-110(105)121)122-101-73-98(117-16)72-99(74-101)120-76-119(108-46-31-32-47-109(108)120)54-33-21-30-43-104-102(91-60-82(77-35-22-17-23-36-77)55-83(61-91)78-37-24-18-25-38-78)44-34-45-103(104)92-62-84(79-39-26-19-27-40-79)56-85(63-92)80-41-28-20-29-42-80;/h17-20,22-29,31-32,34-42,44-53,55-73H,21,30,33,43,54H2,1-15H3;/q-2;. The molecule has 0 radical (unpaired) electrons. The van der Waals surface area contributed by atoms with Gasteiger partial charge in [0.15, 0.2) is 0 Å². The summed E-state index contributed by atoms with van der Waals surface area (Å²) in [7, 11) is 0. The van der Waals surface area contributed by atoms with E-state index in [2.05, 4.69) is 427 Å². The van der Waals surface area contributed by atoms with Gasteiger partial charge in [0.1, 0.15) is 5.82 Å². The first-order valence-electron chi connectivity index (χ1n) is 43.2. The Morgan fingerprint density at radius 2 is 0.789 bits per heavy atom. The first-order valence-corrected chi connectivity index (χ1v) is 43.2. The zero-order valence-electron chi connectivity index (χ0n) is 73.5. The van der Waals surface area contributed by atoms with Crippen molar-refractivity contribution in [2.75, 3.05) is 0 Å². The summed E-state index contributed by atoms with van der Waals surface area (Å²) in [6.07, 6.45) is 9.39. The molecule has 7 heteroatoms. The van der Waals surface area contributed by atoms with E-state index in [0.717, 1.165) is 82.0 Å². The quantitative estimate of drug-likeness (QED) is 0.0460. The number of aromatic nitrogens is 4. The second-order valence-electron chi connectivity index (χ2n) is 38.3. The van der Waals surface area contributed by atoms with E-state index < -0.39 is 0 Å². The fraction of sp³-hybridized carbons (Fsp3) is 0.216. The molecule has 0 saturated heterocycles. The SMILES string of the molecule is [C-]#[N+]c1cc(Oc2[c-]c3c(cc2)c2cc(-c4cc(-c5cc(C(C)(C)C)cc(C(C)(C)C)c5)cc(-c5cc(C(C)(C)C)cc(C(C)(C)C)c5)c4)ccc2n3-c2cc(C(C)(C)C)ccn2)[c-]c(-n2[c-][n+](CCCCCc3c(-c4cc(-c5ccccc5)cc(-c5ccccc5)c4)cccc3-c3cc(-c4ccccc4)cc(-c4ccccc4)c3)c3ccccc32)c1.[Pt]. The van der Waals surface area contributed by atoms with Crippen LogP contribution in [0.5, 0.6) is 11.5 Å². The Morgan fingerprint density at radius 1 is 0.350 bits per heavy atom. The number of hydrogen-bond acceptors (Lipinski definition) is 2. The Bertz CT molecular complexity index is 6410. The van der Waals surface area contributed by atoms with E-state index in [-0.39, 0.29) is 48.1 Å². The average molecular weight is 1780 g/mol. The first kappa shape index (κ1) is 84.1. The molecular weight excluding hydrogens is 1670 g/mol. The van der Waals surface area contributed by atoms with Crippen LogP contribution in [-0.4, -0.2) is 14.1 Å². The molecule has 14 aromatic carbocycles. The van der Waals surface area contributed by atoms with Crippen molar-refractivity contribution in [3.05, 3.63) is 379 Å². The molecule has 0 saturated carbocycles. The number of fused-ring (bicyclic) bond motifs is 4. The summed E-state index contributed by atoms with van der Waals surface area (Å²) in [6.45, 7) is 43.8. The van der Waals surface area contributed by atoms with Gasteiger partial charge in [-0.2, -0.15) is 12.1 Å². The molecule has 0 aliphatic heterocycles. The molecule has 3 heterocycles. The third kappa shape index (κ3) is 18.1. The van der Waals surface area contributed by atoms with Gasteiger partial charge in [0.25, 0.3) is 0 Å². The second kappa shape index (κ2) is 34.1. The number of rotatable bonds is 19. The van der Waals surface area contributed by atoms with Crippen molar-refractivity contribution < 1.29 is 30.4 Å². The van der Waals surface area contributed by atoms with Crippen molar-refractivity contribution in [1.82, 2.24) is 14.1 Å². The molecule has 0 aliphatic carbocycles. The molecule has 0 atom stereocenters. The van der Waals surface area contributed by atoms with Crippen molar-refractivity contribution >= 4 is 38.5 Å². The second-order valence-corrected chi connectivity index (χ2v) is 38.3. The zero-order chi connectivity index (χ0) is 85.0. The van der Waals surface area contributed by atoms with Gasteiger partial charge >= 0.3 is 0 Å². The fourth-order valence-electron chi connectivity index (χ4n) is 17.1. The van der Waals surface area contributed by atoms with Crippen LogP contribution in [0.3, 0.4) is 0 Å². The van der Waals surface area contributed by atoms with Crippen molar-refractivity contribution in [1.29, 1.82) is 0 Å². The number of ether oxygens (including phenoxy) is 1. The predicted molar refractivity (Wildman–Crippen MR) is 511 cm³/mol. The maximum atomic E-state index is 8.52. The molecule has 17 rings (SSSR count). The molecule has 0 fully saturated rings. The van der Waals surface area contributed by atoms with Gasteiger partial charge in [-0.1, -0.05) is 327 Å². The number of benzene rings is 14. The zero-order valence-corrected chi connectivity index (χ0v) is 75.8. The molecule has 0 spiro atoms. The molecule has 0 unspecified atom stereocenters. The average Bonchev–Trinajstić information content (AvgIpc) is 1.70. The van der Waals surface area contributed by atoms with E-state index in [1.807, 2.05) is 22.9 Å². The molecule has 0 aliphatic rings. The van der Waals surface area contributed by atoms with E-state index in [1.165, 1.54) is 122 Å². The predicted octanol–water partition coefficient (Wildman–Crippen LogP) is 31.1. The van der Waals surface area contributed by atoms with Crippen LogP contribution in [0, 0.1) is 25.0 Å². The smallest absolute Gasteiger partial charge is 0.242 e. The van der Waals surface area contributed by atoms with Crippen LogP contribution >= 0.6 is 0 Å². The molecule has 17 aromatic rings. The van der Waals surface area contributed by atoms with Gasteiger partial charge in [-0.3, -0.25) is 4.85 Å². The summed E-state index contributed by atoms with van der Waals surface area (Å²) in [5, 5.41) is 2.07. The van der Waals surface area contributed by atoms with Gasteiger partial charge < -0.3 is 18.4 Å². The minimum Gasteiger partial charge on any atom is -0.511 e. The van der Waals surface area contributed by atoms with Gasteiger partial charge in [0.2, 0.25) is 6.33 Å². The third-order valence-corrected chi connectivity index (χ3v) is 24.2. The Balaban J connectivity index is 0.0000112. The molecule has 3 aromatic heterocycles. The van der Waals surface area contributed by atoms with Crippen molar-refractivity contribution in [2.45, 2.75) is 163 Å². The number of imidazole rings is 1. The summed E-state index contributed by atoms with van der Waals surface area (Å²) < 4.78 is 13.5. The number of unbranched alkanes of at least 4 members (excludes halogenated alkanes) is 2. The first-order chi connectivity index (χ1) is 58.5. The number of pyridine rings is 1. The molecule has 6 nitrogen and oxygen atoms in total. The Hall–Kier alpha value is -12.5. The van der Waals surface area contributed by atoms with Crippen molar-refractivity contribution in [3.63, 3.8) is 0 Å². The van der Waals surface area contributed by atoms with Gasteiger partial charge in [-0.05, 0) is 270 Å². The van der Waals surface area contributed by atoms with Crippen LogP contribution in [0.4, 0.5) is 5.69 Å². The number of nitrogens with zero attached hydrogens (tertiary/aromatic N) is 5. The summed E-state index contributed by atoms with van der Waals surface area (Å²) >= 11 is 0. The number of para-hydroxylation sites is 2. The third-order valence-electron chi connectivity index (χ3n) is 24.2. The minimum absolute atomic E-state index is 0. The number of aryl methyl sites for hydroxylation is 1. The van der Waals surface area contributed by atoms with E-state index in [0.29, 0.717) is 22.9 Å². The maximum absolute atomic E-state index is 8.52. The Kier molecular flexibility index (Phi) is 23.3. The van der Waals surface area contributed by atoms with Crippen LogP contribution in [0.25, 0.3) is 149 Å². The van der Waals surface area contributed by atoms with Gasteiger partial charge in [0, 0.05) is 38.5 Å². The summed E-state index contributed by atoms with van der Waals surface area (Å²) in [4.78, 5) is 9.19. The summed E-state index contributed by atoms with van der Waals surface area (Å²) in [5.74, 6) is 1.66. The van der Waals surface area contributed by atoms with Crippen LogP contribution in [0.15, 0.2) is 316 Å². The van der Waals surface area contributed by atoms with E-state index in [4.69, 9.17) is 16.3 Å². The fourth-order valence-corrected chi connectivity index (χ4v) is 17.1. The van der Waals surface area contributed by atoms with E-state index in [9.17, 15) is 0 Å². The molecule has 123 heavy (non-hydrogen) atoms. The summed E-state index contributed by atoms with van der Waals surface area (Å²) in [6, 6.07) is 121. The van der Waals surface area contributed by atoms with E-state index >= 15 is 0 Å². The molecule has 0 amide bonds. The van der Waals surface area contributed by atoms with Crippen LogP contribution in [0.1, 0.15) is 156 Å². The normalized spacial score (nSPS) is 12.1. The van der Waals surface area contributed by atoms with Crippen LogP contribution in [-0.2, 0) is 61.1 Å². The topological polar surface area (TPSA) is 40.2 Å². The summed E-state index contributed by atoms with van der Waals surface area (Å²) in [5.41, 5.74) is 33.5.